The van der Waals surface area contributed by atoms with Gasteiger partial charge in [0.25, 0.3) is 5.56 Å². The van der Waals surface area contributed by atoms with E-state index in [0.29, 0.717) is 23.9 Å². The number of ether oxygens (including phenoxy) is 2. The zero-order valence-electron chi connectivity index (χ0n) is 15.4. The summed E-state index contributed by atoms with van der Waals surface area (Å²) in [6.45, 7) is 2.41. The van der Waals surface area contributed by atoms with Gasteiger partial charge in [-0.2, -0.15) is 0 Å². The maximum Gasteiger partial charge on any atom is 0.344 e. The van der Waals surface area contributed by atoms with Gasteiger partial charge in [0.15, 0.2) is 6.61 Å². The van der Waals surface area contributed by atoms with Gasteiger partial charge in [0.1, 0.15) is 5.75 Å². The number of carbonyl (C=O) groups excluding carboxylic acids is 1. The van der Waals surface area contributed by atoms with Crippen LogP contribution in [0.3, 0.4) is 0 Å². The van der Waals surface area contributed by atoms with Crippen molar-refractivity contribution in [3.63, 3.8) is 0 Å². The Morgan fingerprint density at radius 3 is 2.32 bits per heavy atom. The second-order valence-electron chi connectivity index (χ2n) is 6.13. The molecule has 0 N–H and O–H groups in total. The van der Waals surface area contributed by atoms with Gasteiger partial charge < -0.3 is 14.0 Å². The number of halogens is 1. The van der Waals surface area contributed by atoms with E-state index in [-0.39, 0.29) is 12.2 Å². The summed E-state index contributed by atoms with van der Waals surface area (Å²) in [4.78, 5) is 23.6. The van der Waals surface area contributed by atoms with Crippen molar-refractivity contribution in [3.05, 3.63) is 87.8 Å². The van der Waals surface area contributed by atoms with Crippen molar-refractivity contribution >= 4 is 17.6 Å². The lowest BCUT2D eigenvalue weighted by Crippen LogP contribution is -2.19. The number of hydrogen-bond donors (Lipinski definition) is 0. The van der Waals surface area contributed by atoms with E-state index in [1.807, 2.05) is 30.5 Å². The number of carbonyl (C=O) groups is 1. The summed E-state index contributed by atoms with van der Waals surface area (Å²) >= 11 is 5.91. The van der Waals surface area contributed by atoms with Crippen molar-refractivity contribution < 1.29 is 14.3 Å². The summed E-state index contributed by atoms with van der Waals surface area (Å²) < 4.78 is 11.9. The summed E-state index contributed by atoms with van der Waals surface area (Å²) in [5.41, 5.74) is 2.76. The maximum atomic E-state index is 12.2. The van der Waals surface area contributed by atoms with Crippen molar-refractivity contribution in [2.24, 2.45) is 0 Å². The summed E-state index contributed by atoms with van der Waals surface area (Å²) in [6, 6.07) is 18.1. The fourth-order valence-electron chi connectivity index (χ4n) is 2.70. The van der Waals surface area contributed by atoms with Crippen LogP contribution in [-0.2, 0) is 16.1 Å². The second-order valence-corrected chi connectivity index (χ2v) is 6.56. The molecule has 3 rings (SSSR count). The van der Waals surface area contributed by atoms with Gasteiger partial charge in [-0.1, -0.05) is 35.9 Å². The van der Waals surface area contributed by atoms with Gasteiger partial charge in [-0.3, -0.25) is 4.79 Å². The quantitative estimate of drug-likeness (QED) is 0.562. The summed E-state index contributed by atoms with van der Waals surface area (Å²) in [6.07, 6.45) is 1.82. The summed E-state index contributed by atoms with van der Waals surface area (Å²) in [7, 11) is 0. The number of esters is 1. The first-order valence-electron chi connectivity index (χ1n) is 8.89. The molecule has 0 bridgehead atoms. The monoisotopic (exact) mass is 397 g/mol. The molecule has 0 amide bonds. The van der Waals surface area contributed by atoms with Gasteiger partial charge in [-0.25, -0.2) is 4.79 Å². The largest absolute Gasteiger partial charge is 0.482 e. The topological polar surface area (TPSA) is 57.5 Å². The van der Waals surface area contributed by atoms with Crippen LogP contribution in [-0.4, -0.2) is 23.8 Å². The third-order valence-corrected chi connectivity index (χ3v) is 4.35. The van der Waals surface area contributed by atoms with Crippen molar-refractivity contribution in [2.45, 2.75) is 13.5 Å². The second kappa shape index (κ2) is 9.24. The molecule has 0 unspecified atom stereocenters. The van der Waals surface area contributed by atoms with Gasteiger partial charge in [0.2, 0.25) is 0 Å². The van der Waals surface area contributed by atoms with E-state index in [9.17, 15) is 9.59 Å². The number of nitrogens with zero attached hydrogens (tertiary/aromatic N) is 1. The first-order valence-corrected chi connectivity index (χ1v) is 9.27. The molecule has 0 radical (unpaired) electrons. The van der Waals surface area contributed by atoms with Crippen molar-refractivity contribution in [1.29, 1.82) is 0 Å². The fraction of sp³-hybridized carbons (Fsp3) is 0.182. The lowest BCUT2D eigenvalue weighted by Gasteiger charge is -2.10. The Hall–Kier alpha value is -3.05. The molecule has 0 saturated heterocycles. The average molecular weight is 398 g/mol. The SMILES string of the molecule is CCOC(=O)COc1ccc(-c2ccc(=O)n(Cc3ccc(Cl)cc3)c2)cc1. The van der Waals surface area contributed by atoms with Crippen LogP contribution in [0.2, 0.25) is 5.02 Å². The number of aromatic nitrogens is 1. The van der Waals surface area contributed by atoms with Crippen molar-refractivity contribution in [1.82, 2.24) is 4.57 Å². The van der Waals surface area contributed by atoms with Crippen LogP contribution in [0.4, 0.5) is 0 Å². The number of rotatable bonds is 7. The van der Waals surface area contributed by atoms with E-state index in [2.05, 4.69) is 0 Å². The van der Waals surface area contributed by atoms with Crippen LogP contribution in [0, 0.1) is 0 Å². The van der Waals surface area contributed by atoms with Crippen LogP contribution >= 0.6 is 11.6 Å². The van der Waals surface area contributed by atoms with Gasteiger partial charge in [0, 0.05) is 17.3 Å². The summed E-state index contributed by atoms with van der Waals surface area (Å²) in [5.74, 6) is 0.173. The number of pyridine rings is 1. The lowest BCUT2D eigenvalue weighted by molar-refractivity contribution is -0.145. The molecule has 3 aromatic rings. The highest BCUT2D eigenvalue weighted by Gasteiger charge is 2.06. The highest BCUT2D eigenvalue weighted by atomic mass is 35.5. The van der Waals surface area contributed by atoms with Crippen molar-refractivity contribution in [2.75, 3.05) is 13.2 Å². The van der Waals surface area contributed by atoms with Crippen LogP contribution in [0.5, 0.6) is 5.75 Å². The highest BCUT2D eigenvalue weighted by molar-refractivity contribution is 6.30. The Morgan fingerprint density at radius 1 is 0.964 bits per heavy atom. The molecule has 0 saturated carbocycles. The van der Waals surface area contributed by atoms with Gasteiger partial charge in [-0.15, -0.1) is 0 Å². The van der Waals surface area contributed by atoms with E-state index in [4.69, 9.17) is 21.1 Å². The van der Waals surface area contributed by atoms with E-state index in [0.717, 1.165) is 16.7 Å². The smallest absolute Gasteiger partial charge is 0.344 e. The van der Waals surface area contributed by atoms with Crippen LogP contribution in [0.25, 0.3) is 11.1 Å². The minimum absolute atomic E-state index is 0.0758. The first kappa shape index (κ1) is 19.7. The van der Waals surface area contributed by atoms with Gasteiger partial charge in [-0.05, 0) is 53.9 Å². The Kier molecular flexibility index (Phi) is 6.50. The van der Waals surface area contributed by atoms with Crippen LogP contribution in [0.1, 0.15) is 12.5 Å². The lowest BCUT2D eigenvalue weighted by atomic mass is 10.1. The zero-order chi connectivity index (χ0) is 19.9. The molecule has 0 aliphatic carbocycles. The first-order chi connectivity index (χ1) is 13.5. The minimum atomic E-state index is -0.402. The zero-order valence-corrected chi connectivity index (χ0v) is 16.2. The maximum absolute atomic E-state index is 12.2. The van der Waals surface area contributed by atoms with Crippen molar-refractivity contribution in [3.8, 4) is 16.9 Å². The molecule has 0 aliphatic rings. The van der Waals surface area contributed by atoms with E-state index in [1.165, 1.54) is 0 Å². The molecule has 1 heterocycles. The van der Waals surface area contributed by atoms with Gasteiger partial charge in [0.05, 0.1) is 13.2 Å². The molecule has 0 fully saturated rings. The van der Waals surface area contributed by atoms with Gasteiger partial charge >= 0.3 is 5.97 Å². The van der Waals surface area contributed by atoms with E-state index >= 15 is 0 Å². The average Bonchev–Trinajstić information content (AvgIpc) is 2.70. The Balaban J connectivity index is 1.73. The molecule has 0 aliphatic heterocycles. The van der Waals surface area contributed by atoms with Crippen LogP contribution < -0.4 is 10.3 Å². The number of benzene rings is 2. The Morgan fingerprint density at radius 2 is 1.64 bits per heavy atom. The highest BCUT2D eigenvalue weighted by Crippen LogP contribution is 2.22. The standard InChI is InChI=1S/C22H20ClNO4/c1-2-27-22(26)15-28-20-10-5-17(6-11-20)18-7-12-21(25)24(14-18)13-16-3-8-19(23)9-4-16/h3-12,14H,2,13,15H2,1H3. The predicted octanol–water partition coefficient (Wildman–Crippen LogP) is 4.16. The number of hydrogen-bond acceptors (Lipinski definition) is 4. The normalized spacial score (nSPS) is 10.5. The molecule has 1 aromatic heterocycles. The molecule has 6 heteroatoms. The molecular formula is C22H20ClNO4. The van der Waals surface area contributed by atoms with E-state index in [1.54, 1.807) is 47.9 Å². The fourth-order valence-corrected chi connectivity index (χ4v) is 2.83. The minimum Gasteiger partial charge on any atom is -0.482 e. The van der Waals surface area contributed by atoms with E-state index < -0.39 is 5.97 Å². The molecule has 0 spiro atoms. The molecule has 2 aromatic carbocycles. The van der Waals surface area contributed by atoms with Crippen LogP contribution in [0.15, 0.2) is 71.7 Å². The molecule has 144 valence electrons. The molecule has 28 heavy (non-hydrogen) atoms. The Bertz CT molecular complexity index is 994. The molecule has 5 nitrogen and oxygen atoms in total. The molecular weight excluding hydrogens is 378 g/mol. The third-order valence-electron chi connectivity index (χ3n) is 4.10. The molecule has 0 atom stereocenters. The predicted molar refractivity (Wildman–Crippen MR) is 109 cm³/mol. The third kappa shape index (κ3) is 5.24. The Labute approximate surface area is 168 Å². The summed E-state index contributed by atoms with van der Waals surface area (Å²) in [5, 5.41) is 0.662.